The van der Waals surface area contributed by atoms with E-state index in [2.05, 4.69) is 10.3 Å². The van der Waals surface area contributed by atoms with Gasteiger partial charge in [0, 0.05) is 24.8 Å². The Bertz CT molecular complexity index is 894. The summed E-state index contributed by atoms with van der Waals surface area (Å²) in [5, 5.41) is 2.76. The van der Waals surface area contributed by atoms with Crippen LogP contribution in [0.2, 0.25) is 0 Å². The number of rotatable bonds is 5. The number of carbonyl (C=O) groups excluding carboxylic acids is 1. The highest BCUT2D eigenvalue weighted by molar-refractivity contribution is 5.76. The zero-order valence-electron chi connectivity index (χ0n) is 13.8. The molecule has 26 heavy (non-hydrogen) atoms. The van der Waals surface area contributed by atoms with Crippen molar-refractivity contribution in [3.05, 3.63) is 63.2 Å². The lowest BCUT2D eigenvalue weighted by Crippen LogP contribution is -2.52. The molecule has 3 rings (SSSR count). The SMILES string of the molecule is O=C(Cn1ccc(=O)[nH]c1=O)N[C@@H]1COCC[C@@H]1Oc1cccc(F)c1. The van der Waals surface area contributed by atoms with Crippen molar-refractivity contribution in [2.45, 2.75) is 25.1 Å². The second-order valence-electron chi connectivity index (χ2n) is 5.89. The normalized spacial score (nSPS) is 19.7. The lowest BCUT2D eigenvalue weighted by atomic mass is 10.1. The summed E-state index contributed by atoms with van der Waals surface area (Å²) < 4.78 is 25.6. The molecule has 1 saturated heterocycles. The van der Waals surface area contributed by atoms with Gasteiger partial charge < -0.3 is 14.8 Å². The number of halogens is 1. The Morgan fingerprint density at radius 1 is 1.38 bits per heavy atom. The second-order valence-corrected chi connectivity index (χ2v) is 5.89. The average Bonchev–Trinajstić information content (AvgIpc) is 2.59. The summed E-state index contributed by atoms with van der Waals surface area (Å²) in [6.07, 6.45) is 1.39. The van der Waals surface area contributed by atoms with Gasteiger partial charge in [-0.05, 0) is 12.1 Å². The van der Waals surface area contributed by atoms with E-state index in [0.717, 1.165) is 10.6 Å². The van der Waals surface area contributed by atoms with Gasteiger partial charge in [0.1, 0.15) is 24.2 Å². The number of amides is 1. The van der Waals surface area contributed by atoms with E-state index in [-0.39, 0.29) is 19.3 Å². The molecule has 2 N–H and O–H groups in total. The summed E-state index contributed by atoms with van der Waals surface area (Å²) in [4.78, 5) is 37.0. The Morgan fingerprint density at radius 3 is 3.00 bits per heavy atom. The molecule has 0 aliphatic carbocycles. The van der Waals surface area contributed by atoms with E-state index >= 15 is 0 Å². The largest absolute Gasteiger partial charge is 0.488 e. The molecule has 2 heterocycles. The smallest absolute Gasteiger partial charge is 0.328 e. The molecule has 2 aromatic rings. The highest BCUT2D eigenvalue weighted by Crippen LogP contribution is 2.19. The first-order valence-electron chi connectivity index (χ1n) is 8.10. The number of H-pyrrole nitrogens is 1. The van der Waals surface area contributed by atoms with Crippen molar-refractivity contribution >= 4 is 5.91 Å². The molecule has 1 aliphatic heterocycles. The van der Waals surface area contributed by atoms with Crippen LogP contribution in [0, 0.1) is 5.82 Å². The van der Waals surface area contributed by atoms with Crippen molar-refractivity contribution < 1.29 is 18.7 Å². The topological polar surface area (TPSA) is 102 Å². The fraction of sp³-hybridized carbons (Fsp3) is 0.353. The van der Waals surface area contributed by atoms with Gasteiger partial charge in [-0.15, -0.1) is 0 Å². The van der Waals surface area contributed by atoms with Gasteiger partial charge in [0.2, 0.25) is 5.91 Å². The predicted octanol–water partition coefficient (Wildman–Crippen LogP) is 0.0284. The van der Waals surface area contributed by atoms with Gasteiger partial charge in [-0.25, -0.2) is 9.18 Å². The fourth-order valence-electron chi connectivity index (χ4n) is 2.68. The molecule has 0 unspecified atom stereocenters. The third-order valence-electron chi connectivity index (χ3n) is 3.93. The first kappa shape index (κ1) is 17.9. The quantitative estimate of drug-likeness (QED) is 0.780. The van der Waals surface area contributed by atoms with Crippen molar-refractivity contribution in [1.82, 2.24) is 14.9 Å². The van der Waals surface area contributed by atoms with E-state index < -0.39 is 29.0 Å². The van der Waals surface area contributed by atoms with Crippen LogP contribution in [-0.4, -0.2) is 40.8 Å². The van der Waals surface area contributed by atoms with Gasteiger partial charge >= 0.3 is 5.69 Å². The molecule has 1 aromatic heterocycles. The Morgan fingerprint density at radius 2 is 2.23 bits per heavy atom. The van der Waals surface area contributed by atoms with Crippen LogP contribution in [0.4, 0.5) is 4.39 Å². The zero-order valence-corrected chi connectivity index (χ0v) is 13.8. The van der Waals surface area contributed by atoms with E-state index in [4.69, 9.17) is 9.47 Å². The Hall–Kier alpha value is -2.94. The van der Waals surface area contributed by atoms with E-state index in [0.29, 0.717) is 18.8 Å². The molecule has 9 heteroatoms. The van der Waals surface area contributed by atoms with Crippen LogP contribution in [0.1, 0.15) is 6.42 Å². The lowest BCUT2D eigenvalue weighted by molar-refractivity contribution is -0.124. The van der Waals surface area contributed by atoms with Crippen LogP contribution in [0.15, 0.2) is 46.1 Å². The molecule has 0 saturated carbocycles. The predicted molar refractivity (Wildman–Crippen MR) is 89.5 cm³/mol. The summed E-state index contributed by atoms with van der Waals surface area (Å²) >= 11 is 0. The molecule has 0 spiro atoms. The van der Waals surface area contributed by atoms with Gasteiger partial charge in [-0.2, -0.15) is 0 Å². The number of benzene rings is 1. The number of hydrogen-bond donors (Lipinski definition) is 2. The Labute approximate surface area is 147 Å². The van der Waals surface area contributed by atoms with Crippen LogP contribution in [0.5, 0.6) is 5.75 Å². The number of carbonyl (C=O) groups is 1. The second kappa shape index (κ2) is 7.96. The molecule has 0 radical (unpaired) electrons. The highest BCUT2D eigenvalue weighted by Gasteiger charge is 2.29. The minimum absolute atomic E-state index is 0.242. The summed E-state index contributed by atoms with van der Waals surface area (Å²) in [5.41, 5.74) is -1.20. The molecule has 1 aromatic carbocycles. The van der Waals surface area contributed by atoms with Gasteiger partial charge in [-0.1, -0.05) is 6.07 Å². The Balaban J connectivity index is 1.65. The number of aromatic amines is 1. The summed E-state index contributed by atoms with van der Waals surface area (Å²) in [5.74, 6) is -0.469. The molecule has 138 valence electrons. The number of aromatic nitrogens is 2. The maximum Gasteiger partial charge on any atom is 0.328 e. The van der Waals surface area contributed by atoms with Crippen LogP contribution < -0.4 is 21.3 Å². The summed E-state index contributed by atoms with van der Waals surface area (Å²) in [6, 6.07) is 6.48. The standard InChI is InChI=1S/C17H18FN3O5/c18-11-2-1-3-12(8-11)26-14-5-7-25-10-13(14)19-16(23)9-21-6-4-15(22)20-17(21)24/h1-4,6,8,13-14H,5,7,9-10H2,(H,19,23)(H,20,22,24)/t13-,14+/m1/s1. The maximum atomic E-state index is 13.3. The monoisotopic (exact) mass is 363 g/mol. The first-order valence-corrected chi connectivity index (χ1v) is 8.10. The van der Waals surface area contributed by atoms with Gasteiger partial charge in [0.25, 0.3) is 5.56 Å². The third kappa shape index (κ3) is 4.57. The van der Waals surface area contributed by atoms with Crippen LogP contribution >= 0.6 is 0 Å². The van der Waals surface area contributed by atoms with Gasteiger partial charge in [-0.3, -0.25) is 19.1 Å². The highest BCUT2D eigenvalue weighted by atomic mass is 19.1. The molecular weight excluding hydrogens is 345 g/mol. The van der Waals surface area contributed by atoms with Crippen molar-refractivity contribution in [2.24, 2.45) is 0 Å². The number of hydrogen-bond acceptors (Lipinski definition) is 5. The van der Waals surface area contributed by atoms with Crippen molar-refractivity contribution in [1.29, 1.82) is 0 Å². The number of nitrogens with zero attached hydrogens (tertiary/aromatic N) is 1. The van der Waals surface area contributed by atoms with Gasteiger partial charge in [0.05, 0.1) is 19.3 Å². The molecule has 1 aliphatic rings. The molecule has 2 atom stereocenters. The number of ether oxygens (including phenoxy) is 2. The number of nitrogens with one attached hydrogen (secondary N) is 2. The molecule has 1 amide bonds. The average molecular weight is 363 g/mol. The minimum Gasteiger partial charge on any atom is -0.488 e. The van der Waals surface area contributed by atoms with E-state index in [1.807, 2.05) is 0 Å². The maximum absolute atomic E-state index is 13.3. The van der Waals surface area contributed by atoms with Crippen LogP contribution in [-0.2, 0) is 16.1 Å². The fourth-order valence-corrected chi connectivity index (χ4v) is 2.68. The Kier molecular flexibility index (Phi) is 5.47. The lowest BCUT2D eigenvalue weighted by Gasteiger charge is -2.32. The van der Waals surface area contributed by atoms with Gasteiger partial charge in [0.15, 0.2) is 0 Å². The van der Waals surface area contributed by atoms with E-state index in [1.165, 1.54) is 18.3 Å². The van der Waals surface area contributed by atoms with Crippen LogP contribution in [0.3, 0.4) is 0 Å². The minimum atomic E-state index is -0.667. The summed E-state index contributed by atoms with van der Waals surface area (Å²) in [6.45, 7) is 0.455. The van der Waals surface area contributed by atoms with Crippen LogP contribution in [0.25, 0.3) is 0 Å². The zero-order chi connectivity index (χ0) is 18.5. The summed E-state index contributed by atoms with van der Waals surface area (Å²) in [7, 11) is 0. The molecular formula is C17H18FN3O5. The third-order valence-corrected chi connectivity index (χ3v) is 3.93. The van der Waals surface area contributed by atoms with Crippen molar-refractivity contribution in [3.8, 4) is 5.75 Å². The van der Waals surface area contributed by atoms with Crippen molar-refractivity contribution in [3.63, 3.8) is 0 Å². The van der Waals surface area contributed by atoms with Crippen molar-refractivity contribution in [2.75, 3.05) is 13.2 Å². The molecule has 8 nitrogen and oxygen atoms in total. The molecule has 0 bridgehead atoms. The van der Waals surface area contributed by atoms with E-state index in [1.54, 1.807) is 12.1 Å². The molecule has 1 fully saturated rings. The van der Waals surface area contributed by atoms with E-state index in [9.17, 15) is 18.8 Å². The first-order chi connectivity index (χ1) is 12.5.